The third-order valence-corrected chi connectivity index (χ3v) is 8.01. The van der Waals surface area contributed by atoms with E-state index in [-0.39, 0.29) is 0 Å². The van der Waals surface area contributed by atoms with Crippen LogP contribution in [0.2, 0.25) is 0 Å². The van der Waals surface area contributed by atoms with Gasteiger partial charge in [0.15, 0.2) is 8.68 Å². The molecular formula is C18H34N2S3. The van der Waals surface area contributed by atoms with Crippen LogP contribution in [0.5, 0.6) is 0 Å². The molecule has 0 radical (unpaired) electrons. The van der Waals surface area contributed by atoms with Crippen LogP contribution in [0.15, 0.2) is 8.68 Å². The predicted octanol–water partition coefficient (Wildman–Crippen LogP) is 7.16. The Bertz CT molecular complexity index is 361. The van der Waals surface area contributed by atoms with Crippen molar-refractivity contribution in [2.75, 3.05) is 11.5 Å². The fourth-order valence-electron chi connectivity index (χ4n) is 2.49. The molecule has 0 bridgehead atoms. The monoisotopic (exact) mass is 374 g/mol. The van der Waals surface area contributed by atoms with Crippen LogP contribution in [-0.4, -0.2) is 21.7 Å². The minimum absolute atomic E-state index is 0.832. The average Bonchev–Trinajstić information content (AvgIpc) is 3.03. The molecule has 5 heteroatoms. The highest BCUT2D eigenvalue weighted by molar-refractivity contribution is 8.03. The van der Waals surface area contributed by atoms with E-state index in [2.05, 4.69) is 37.9 Å². The fraction of sp³-hybridized carbons (Fsp3) is 0.889. The lowest BCUT2D eigenvalue weighted by Gasteiger charge is -2.12. The second-order valence-corrected chi connectivity index (χ2v) is 9.80. The van der Waals surface area contributed by atoms with Crippen LogP contribution in [-0.2, 0) is 0 Å². The Morgan fingerprint density at radius 3 is 1.57 bits per heavy atom. The molecule has 0 fully saturated rings. The maximum absolute atomic E-state index is 4.38. The number of unbranched alkanes of at least 4 members (excludes halogenated alkanes) is 2. The van der Waals surface area contributed by atoms with Crippen LogP contribution in [0.3, 0.4) is 0 Å². The second kappa shape index (κ2) is 13.5. The molecule has 134 valence electrons. The van der Waals surface area contributed by atoms with Crippen molar-refractivity contribution in [2.45, 2.75) is 87.7 Å². The number of nitrogens with zero attached hydrogens (tertiary/aromatic N) is 2. The molecular weight excluding hydrogens is 340 g/mol. The van der Waals surface area contributed by atoms with Crippen LogP contribution in [0.25, 0.3) is 0 Å². The van der Waals surface area contributed by atoms with Crippen molar-refractivity contribution in [3.63, 3.8) is 0 Å². The highest BCUT2D eigenvalue weighted by atomic mass is 32.2. The summed E-state index contributed by atoms with van der Waals surface area (Å²) in [5.41, 5.74) is 0. The van der Waals surface area contributed by atoms with Crippen LogP contribution in [0.4, 0.5) is 0 Å². The van der Waals surface area contributed by atoms with E-state index in [0.29, 0.717) is 0 Å². The molecule has 0 N–H and O–H groups in total. The van der Waals surface area contributed by atoms with E-state index < -0.39 is 0 Å². The van der Waals surface area contributed by atoms with Crippen LogP contribution < -0.4 is 0 Å². The van der Waals surface area contributed by atoms with Crippen molar-refractivity contribution >= 4 is 34.9 Å². The average molecular weight is 375 g/mol. The first-order valence-corrected chi connectivity index (χ1v) is 12.1. The van der Waals surface area contributed by atoms with Crippen molar-refractivity contribution in [1.82, 2.24) is 10.2 Å². The lowest BCUT2D eigenvalue weighted by molar-refractivity contribution is 0.499. The minimum Gasteiger partial charge on any atom is -0.131 e. The summed E-state index contributed by atoms with van der Waals surface area (Å²) in [6.07, 6.45) is 10.6. The maximum Gasteiger partial charge on any atom is 0.175 e. The topological polar surface area (TPSA) is 25.8 Å². The molecule has 0 aliphatic carbocycles. The number of aromatic nitrogens is 2. The van der Waals surface area contributed by atoms with Gasteiger partial charge in [-0.1, -0.05) is 101 Å². The summed E-state index contributed by atoms with van der Waals surface area (Å²) >= 11 is 5.61. The first kappa shape index (κ1) is 21.3. The Morgan fingerprint density at radius 2 is 1.22 bits per heavy atom. The molecule has 0 aromatic carbocycles. The van der Waals surface area contributed by atoms with Crippen molar-refractivity contribution in [3.05, 3.63) is 0 Å². The summed E-state index contributed by atoms with van der Waals surface area (Å²) in [5, 5.41) is 8.76. The van der Waals surface area contributed by atoms with Gasteiger partial charge in [0.05, 0.1) is 0 Å². The Kier molecular flexibility index (Phi) is 12.5. The molecule has 0 amide bonds. The smallest absolute Gasteiger partial charge is 0.131 e. The van der Waals surface area contributed by atoms with Gasteiger partial charge in [0.1, 0.15) is 0 Å². The van der Waals surface area contributed by atoms with Gasteiger partial charge in [0.2, 0.25) is 0 Å². The van der Waals surface area contributed by atoms with E-state index in [0.717, 1.165) is 20.5 Å². The third-order valence-electron chi connectivity index (χ3n) is 4.36. The maximum atomic E-state index is 4.38. The molecule has 0 aliphatic rings. The summed E-state index contributed by atoms with van der Waals surface area (Å²) < 4.78 is 2.31. The molecule has 0 saturated heterocycles. The summed E-state index contributed by atoms with van der Waals surface area (Å²) in [5.74, 6) is 4.06. The zero-order valence-electron chi connectivity index (χ0n) is 15.3. The molecule has 1 rings (SSSR count). The Balaban J connectivity index is 2.33. The van der Waals surface area contributed by atoms with E-state index >= 15 is 0 Å². The van der Waals surface area contributed by atoms with E-state index in [1.165, 1.54) is 62.9 Å². The minimum atomic E-state index is 0.832. The molecule has 2 unspecified atom stereocenters. The zero-order valence-corrected chi connectivity index (χ0v) is 17.8. The quantitative estimate of drug-likeness (QED) is 0.323. The molecule has 23 heavy (non-hydrogen) atoms. The zero-order chi connectivity index (χ0) is 16.9. The van der Waals surface area contributed by atoms with Gasteiger partial charge in [-0.2, -0.15) is 0 Å². The molecule has 1 aromatic heterocycles. The summed E-state index contributed by atoms with van der Waals surface area (Å²) in [7, 11) is 0. The highest BCUT2D eigenvalue weighted by Gasteiger charge is 2.12. The van der Waals surface area contributed by atoms with E-state index in [9.17, 15) is 0 Å². The molecule has 1 aromatic rings. The Labute approximate surface area is 156 Å². The predicted molar refractivity (Wildman–Crippen MR) is 108 cm³/mol. The van der Waals surface area contributed by atoms with Gasteiger partial charge < -0.3 is 0 Å². The lowest BCUT2D eigenvalue weighted by Crippen LogP contribution is -2.01. The highest BCUT2D eigenvalue weighted by Crippen LogP contribution is 2.33. The van der Waals surface area contributed by atoms with E-state index in [4.69, 9.17) is 0 Å². The van der Waals surface area contributed by atoms with Crippen molar-refractivity contribution in [2.24, 2.45) is 11.8 Å². The van der Waals surface area contributed by atoms with Gasteiger partial charge >= 0.3 is 0 Å². The van der Waals surface area contributed by atoms with Crippen LogP contribution in [0, 0.1) is 11.8 Å². The fourth-order valence-corrected chi connectivity index (χ4v) is 6.07. The van der Waals surface area contributed by atoms with E-state index in [1.54, 1.807) is 11.3 Å². The molecule has 0 saturated carbocycles. The standard InChI is InChI=1S/C18H34N2S3/c1-5-9-11-15(7-3)13-21-17-19-20-18(23-17)22-14-16(8-4)12-10-6-2/h15-16H,5-14H2,1-4H3. The number of hydrogen-bond donors (Lipinski definition) is 0. The van der Waals surface area contributed by atoms with Gasteiger partial charge in [-0.3, -0.25) is 0 Å². The lowest BCUT2D eigenvalue weighted by atomic mass is 10.0. The Morgan fingerprint density at radius 1 is 0.783 bits per heavy atom. The van der Waals surface area contributed by atoms with E-state index in [1.807, 2.05) is 23.5 Å². The number of thioether (sulfide) groups is 2. The molecule has 0 aliphatic heterocycles. The van der Waals surface area contributed by atoms with Gasteiger partial charge in [-0.15, -0.1) is 10.2 Å². The van der Waals surface area contributed by atoms with Gasteiger partial charge in [-0.25, -0.2) is 0 Å². The molecule has 2 atom stereocenters. The van der Waals surface area contributed by atoms with Gasteiger partial charge in [0.25, 0.3) is 0 Å². The summed E-state index contributed by atoms with van der Waals surface area (Å²) in [6.45, 7) is 9.17. The Hall–Kier alpha value is 0.260. The summed E-state index contributed by atoms with van der Waals surface area (Å²) in [6, 6.07) is 0. The van der Waals surface area contributed by atoms with Gasteiger partial charge in [-0.05, 0) is 24.7 Å². The van der Waals surface area contributed by atoms with Crippen molar-refractivity contribution < 1.29 is 0 Å². The SMILES string of the molecule is CCCCC(CC)CSc1nnc(SCC(CC)CCCC)s1. The largest absolute Gasteiger partial charge is 0.175 e. The molecule has 0 spiro atoms. The summed E-state index contributed by atoms with van der Waals surface area (Å²) in [4.78, 5) is 0. The number of rotatable bonds is 14. The second-order valence-electron chi connectivity index (χ2n) is 6.29. The first-order valence-electron chi connectivity index (χ1n) is 9.32. The molecule has 1 heterocycles. The van der Waals surface area contributed by atoms with Crippen molar-refractivity contribution in [1.29, 1.82) is 0 Å². The van der Waals surface area contributed by atoms with Crippen LogP contribution >= 0.6 is 34.9 Å². The van der Waals surface area contributed by atoms with Crippen molar-refractivity contribution in [3.8, 4) is 0 Å². The third kappa shape index (κ3) is 9.35. The van der Waals surface area contributed by atoms with Gasteiger partial charge in [0, 0.05) is 11.5 Å². The molecule has 2 nitrogen and oxygen atoms in total. The number of hydrogen-bond acceptors (Lipinski definition) is 5. The normalized spacial score (nSPS) is 14.1. The first-order chi connectivity index (χ1) is 11.2. The van der Waals surface area contributed by atoms with Crippen LogP contribution in [0.1, 0.15) is 79.1 Å².